The summed E-state index contributed by atoms with van der Waals surface area (Å²) >= 11 is 6.81. The van der Waals surface area contributed by atoms with Gasteiger partial charge >= 0.3 is 6.18 Å². The van der Waals surface area contributed by atoms with Crippen molar-refractivity contribution in [1.82, 2.24) is 10.3 Å². The molecule has 10 heteroatoms. The fourth-order valence-corrected chi connectivity index (χ4v) is 5.63. The largest absolute Gasteiger partial charge is 0.474 e. The highest BCUT2D eigenvalue weighted by Crippen LogP contribution is 2.47. The molecule has 2 aromatic rings. The number of anilines is 1. The minimum Gasteiger partial charge on any atom is -0.474 e. The van der Waals surface area contributed by atoms with Crippen molar-refractivity contribution in [3.63, 3.8) is 0 Å². The van der Waals surface area contributed by atoms with Crippen molar-refractivity contribution in [3.8, 4) is 5.88 Å². The molecule has 1 aromatic heterocycles. The molecule has 220 valence electrons. The van der Waals surface area contributed by atoms with Crippen molar-refractivity contribution < 1.29 is 27.5 Å². The molecule has 1 fully saturated rings. The minimum atomic E-state index is -4.51. The molecule has 3 rings (SSSR count). The number of amides is 1. The van der Waals surface area contributed by atoms with Gasteiger partial charge in [-0.15, -0.1) is 0 Å². The maximum absolute atomic E-state index is 14.1. The van der Waals surface area contributed by atoms with E-state index in [0.717, 1.165) is 22.4 Å². The monoisotopic (exact) mass is 589 g/mol. The first kappa shape index (κ1) is 31.9. The molecule has 1 saturated carbocycles. The summed E-state index contributed by atoms with van der Waals surface area (Å²) in [5, 5.41) is 5.33. The number of nitrogens with zero attached hydrogens (tertiary/aromatic N) is 1. The lowest BCUT2D eigenvalue weighted by molar-refractivity contribution is -0.138. The Hall–Kier alpha value is -3.59. The van der Waals surface area contributed by atoms with Gasteiger partial charge in [0.2, 0.25) is 11.8 Å². The Labute approximate surface area is 243 Å². The highest BCUT2D eigenvalue weighted by atomic mass is 35.5. The lowest BCUT2D eigenvalue weighted by Gasteiger charge is -2.41. The van der Waals surface area contributed by atoms with Gasteiger partial charge in [0.1, 0.15) is 12.6 Å². The molecule has 0 spiro atoms. The van der Waals surface area contributed by atoms with E-state index >= 15 is 0 Å². The number of hydrogen-bond acceptors (Lipinski definition) is 5. The normalized spacial score (nSPS) is 18.7. The average molecular weight is 590 g/mol. The second-order valence-corrected chi connectivity index (χ2v) is 10.6. The Bertz CT molecular complexity index is 1330. The highest BCUT2D eigenvalue weighted by Gasteiger charge is 2.46. The number of pyridine rings is 1. The van der Waals surface area contributed by atoms with Crippen LogP contribution in [0.5, 0.6) is 5.88 Å². The van der Waals surface area contributed by atoms with E-state index in [1.54, 1.807) is 18.3 Å². The number of nitrogens with one attached hydrogen (secondary N) is 2. The summed E-state index contributed by atoms with van der Waals surface area (Å²) in [6.07, 6.45) is -0.0643. The first-order valence-corrected chi connectivity index (χ1v) is 13.7. The van der Waals surface area contributed by atoms with Gasteiger partial charge in [-0.05, 0) is 86.6 Å². The maximum atomic E-state index is 14.1. The van der Waals surface area contributed by atoms with Crippen LogP contribution in [0, 0.1) is 13.8 Å². The molecular weight excluding hydrogens is 555 g/mol. The zero-order valence-corrected chi connectivity index (χ0v) is 24.1. The van der Waals surface area contributed by atoms with E-state index in [1.165, 1.54) is 0 Å². The van der Waals surface area contributed by atoms with Crippen LogP contribution in [-0.4, -0.2) is 35.5 Å². The Morgan fingerprint density at radius 1 is 1.12 bits per heavy atom. The summed E-state index contributed by atoms with van der Waals surface area (Å²) in [7, 11) is 0. The molecule has 1 aromatic carbocycles. The smallest absolute Gasteiger partial charge is 0.405 e. The van der Waals surface area contributed by atoms with Crippen LogP contribution < -0.4 is 15.4 Å². The van der Waals surface area contributed by atoms with Crippen molar-refractivity contribution >= 4 is 35.1 Å². The van der Waals surface area contributed by atoms with E-state index < -0.39 is 24.0 Å². The van der Waals surface area contributed by atoms with E-state index in [4.69, 9.17) is 16.3 Å². The number of halogens is 4. The molecule has 0 unspecified atom stereocenters. The van der Waals surface area contributed by atoms with Gasteiger partial charge in [-0.1, -0.05) is 43.5 Å². The average Bonchev–Trinajstić information content (AvgIpc) is 2.93. The SMILES string of the molecule is C=CNc1ccc(OC2CCC(C(=O)C(=C)CCC(=O)NCC(F)(F)F)(c3c(C)ccc(C)c3Cl)CC2)nc1C=C. The number of rotatable bonds is 12. The van der Waals surface area contributed by atoms with Gasteiger partial charge in [-0.25, -0.2) is 4.98 Å². The second kappa shape index (κ2) is 13.4. The molecule has 1 aliphatic carbocycles. The van der Waals surface area contributed by atoms with Crippen molar-refractivity contribution in [2.24, 2.45) is 0 Å². The quantitative estimate of drug-likeness (QED) is 0.252. The predicted octanol–water partition coefficient (Wildman–Crippen LogP) is 7.39. The second-order valence-electron chi connectivity index (χ2n) is 10.2. The molecule has 0 saturated heterocycles. The van der Waals surface area contributed by atoms with E-state index in [-0.39, 0.29) is 30.3 Å². The van der Waals surface area contributed by atoms with Crippen LogP contribution in [0.1, 0.15) is 60.9 Å². The molecule has 0 atom stereocenters. The van der Waals surface area contributed by atoms with Gasteiger partial charge in [0, 0.05) is 17.5 Å². The Balaban J connectivity index is 1.82. The standard InChI is InChI=1S/C31H35ClF3N3O3/c1-6-23-24(36-7-2)11-13-26(38-23)41-22-14-16-30(17-15-22,27-19(3)8-9-20(4)28(27)32)29(40)21(5)10-12-25(39)37-18-31(33,34)35/h6-9,11,13,22,36H,1-2,5,10,12,14-18H2,3-4H3,(H,37,39). The minimum absolute atomic E-state index is 0.0635. The van der Waals surface area contributed by atoms with Gasteiger partial charge in [-0.3, -0.25) is 9.59 Å². The van der Waals surface area contributed by atoms with Crippen LogP contribution in [0.15, 0.2) is 55.8 Å². The Morgan fingerprint density at radius 2 is 1.78 bits per heavy atom. The first-order chi connectivity index (χ1) is 19.3. The van der Waals surface area contributed by atoms with E-state index in [0.29, 0.717) is 42.3 Å². The van der Waals surface area contributed by atoms with Crippen LogP contribution in [0.4, 0.5) is 18.9 Å². The number of aromatic nitrogens is 1. The molecule has 0 radical (unpaired) electrons. The molecule has 1 amide bonds. The molecule has 0 bridgehead atoms. The molecule has 0 aliphatic heterocycles. The van der Waals surface area contributed by atoms with Crippen molar-refractivity contribution in [3.05, 3.63) is 83.2 Å². The Morgan fingerprint density at radius 3 is 2.39 bits per heavy atom. The van der Waals surface area contributed by atoms with Crippen LogP contribution in [0.25, 0.3) is 6.08 Å². The Kier molecular flexibility index (Phi) is 10.4. The number of ketones is 1. The fourth-order valence-electron chi connectivity index (χ4n) is 5.24. The first-order valence-electron chi connectivity index (χ1n) is 13.3. The highest BCUT2D eigenvalue weighted by molar-refractivity contribution is 6.32. The van der Waals surface area contributed by atoms with Crippen LogP contribution >= 0.6 is 11.6 Å². The summed E-state index contributed by atoms with van der Waals surface area (Å²) in [6.45, 7) is 13.7. The van der Waals surface area contributed by atoms with Crippen LogP contribution in [0.3, 0.4) is 0 Å². The topological polar surface area (TPSA) is 80.3 Å². The summed E-state index contributed by atoms with van der Waals surface area (Å²) < 4.78 is 43.6. The lowest BCUT2D eigenvalue weighted by Crippen LogP contribution is -2.43. The van der Waals surface area contributed by atoms with Gasteiger partial charge in [0.05, 0.1) is 16.8 Å². The van der Waals surface area contributed by atoms with Crippen molar-refractivity contribution in [2.45, 2.75) is 70.1 Å². The summed E-state index contributed by atoms with van der Waals surface area (Å²) in [5.41, 5.74) is 2.91. The third kappa shape index (κ3) is 7.79. The van der Waals surface area contributed by atoms with Gasteiger partial charge in [0.25, 0.3) is 0 Å². The van der Waals surface area contributed by atoms with Gasteiger partial charge in [-0.2, -0.15) is 13.2 Å². The number of Topliss-reactive ketones (excluding diaryl/α,β-unsaturated/α-hetero) is 1. The third-order valence-corrected chi connectivity index (χ3v) is 7.83. The molecular formula is C31H35ClF3N3O3. The molecule has 2 N–H and O–H groups in total. The van der Waals surface area contributed by atoms with Crippen LogP contribution in [-0.2, 0) is 15.0 Å². The number of hydrogen-bond donors (Lipinski definition) is 2. The number of alkyl halides is 3. The molecule has 1 aliphatic rings. The van der Waals surface area contributed by atoms with Gasteiger partial charge in [0.15, 0.2) is 5.78 Å². The summed E-state index contributed by atoms with van der Waals surface area (Å²) in [4.78, 5) is 30.6. The number of aryl methyl sites for hydroxylation is 2. The van der Waals surface area contributed by atoms with E-state index in [9.17, 15) is 22.8 Å². The summed E-state index contributed by atoms with van der Waals surface area (Å²) in [6, 6.07) is 7.38. The zero-order chi connectivity index (χ0) is 30.4. The lowest BCUT2D eigenvalue weighted by atomic mass is 9.63. The third-order valence-electron chi connectivity index (χ3n) is 7.34. The number of carbonyl (C=O) groups excluding carboxylic acids is 2. The van der Waals surface area contributed by atoms with Crippen molar-refractivity contribution in [1.29, 1.82) is 0 Å². The fraction of sp³-hybridized carbons (Fsp3) is 0.387. The predicted molar refractivity (Wildman–Crippen MR) is 156 cm³/mol. The van der Waals surface area contributed by atoms with E-state index in [1.807, 2.05) is 37.4 Å². The van der Waals surface area contributed by atoms with Gasteiger partial charge < -0.3 is 15.4 Å². The maximum Gasteiger partial charge on any atom is 0.405 e. The number of ether oxygens (including phenoxy) is 1. The number of benzene rings is 1. The number of allylic oxidation sites excluding steroid dienone is 1. The molecule has 41 heavy (non-hydrogen) atoms. The summed E-state index contributed by atoms with van der Waals surface area (Å²) in [5.74, 6) is -0.632. The van der Waals surface area contributed by atoms with Crippen LogP contribution in [0.2, 0.25) is 5.02 Å². The number of carbonyl (C=O) groups is 2. The molecule has 1 heterocycles. The van der Waals surface area contributed by atoms with Crippen molar-refractivity contribution in [2.75, 3.05) is 11.9 Å². The zero-order valence-electron chi connectivity index (χ0n) is 23.3. The molecule has 6 nitrogen and oxygen atoms in total. The van der Waals surface area contributed by atoms with E-state index in [2.05, 4.69) is 30.0 Å².